The van der Waals surface area contributed by atoms with Crippen LogP contribution in [0.2, 0.25) is 0 Å². The SMILES string of the molecule is c1cncc(-c2nnc(-c3ccc4c(c3)c3ccccc3n4-c3cccc(-n4c5ccccc5c5ccccc54)c3)n2-c2cccnc2)c1. The Bertz CT molecular complexity index is 2770. The van der Waals surface area contributed by atoms with E-state index in [-0.39, 0.29) is 0 Å². The van der Waals surface area contributed by atoms with Crippen LogP contribution in [0, 0.1) is 0 Å². The molecule has 0 saturated heterocycles. The Morgan fingerprint density at radius 3 is 1.47 bits per heavy atom. The molecule has 0 aliphatic rings. The van der Waals surface area contributed by atoms with Gasteiger partial charge in [-0.25, -0.2) is 0 Å². The van der Waals surface area contributed by atoms with Crippen LogP contribution in [0.3, 0.4) is 0 Å². The average molecular weight is 630 g/mol. The molecule has 0 atom stereocenters. The van der Waals surface area contributed by atoms with Gasteiger partial charge in [-0.3, -0.25) is 14.5 Å². The molecule has 7 nitrogen and oxygen atoms in total. The Balaban J connectivity index is 1.17. The molecule has 230 valence electrons. The maximum absolute atomic E-state index is 4.73. The number of hydrogen-bond donors (Lipinski definition) is 0. The van der Waals surface area contributed by atoms with Gasteiger partial charge in [-0.05, 0) is 78.9 Å². The smallest absolute Gasteiger partial charge is 0.170 e. The third kappa shape index (κ3) is 4.22. The summed E-state index contributed by atoms with van der Waals surface area (Å²) < 4.78 is 6.78. The third-order valence-electron chi connectivity index (χ3n) is 9.34. The first-order valence-electron chi connectivity index (χ1n) is 16.2. The van der Waals surface area contributed by atoms with Gasteiger partial charge in [0.15, 0.2) is 11.6 Å². The lowest BCUT2D eigenvalue weighted by Crippen LogP contribution is -2.01. The van der Waals surface area contributed by atoms with Crippen LogP contribution >= 0.6 is 0 Å². The van der Waals surface area contributed by atoms with E-state index in [2.05, 4.69) is 144 Å². The monoisotopic (exact) mass is 629 g/mol. The number of aromatic nitrogens is 7. The maximum atomic E-state index is 4.73. The first-order valence-corrected chi connectivity index (χ1v) is 16.2. The number of benzene rings is 5. The van der Waals surface area contributed by atoms with Crippen LogP contribution in [-0.2, 0) is 0 Å². The van der Waals surface area contributed by atoms with Gasteiger partial charge in [-0.2, -0.15) is 0 Å². The van der Waals surface area contributed by atoms with Crippen molar-refractivity contribution in [2.75, 3.05) is 0 Å². The van der Waals surface area contributed by atoms with Crippen LogP contribution < -0.4 is 0 Å². The van der Waals surface area contributed by atoms with E-state index in [1.165, 1.54) is 27.2 Å². The molecule has 5 aromatic heterocycles. The summed E-state index contributed by atoms with van der Waals surface area (Å²) in [6.45, 7) is 0. The second-order valence-corrected chi connectivity index (χ2v) is 12.1. The number of pyridine rings is 2. The molecule has 10 aromatic rings. The van der Waals surface area contributed by atoms with Crippen molar-refractivity contribution in [2.45, 2.75) is 0 Å². The summed E-state index contributed by atoms with van der Waals surface area (Å²) in [5, 5.41) is 14.2. The Labute approximate surface area is 281 Å². The first-order chi connectivity index (χ1) is 24.3. The van der Waals surface area contributed by atoms with Crippen molar-refractivity contribution >= 4 is 43.6 Å². The molecule has 0 bridgehead atoms. The summed E-state index contributed by atoms with van der Waals surface area (Å²) in [5.41, 5.74) is 9.56. The van der Waals surface area contributed by atoms with E-state index in [0.717, 1.165) is 50.4 Å². The fourth-order valence-electron chi connectivity index (χ4n) is 7.25. The molecule has 0 aliphatic heterocycles. The summed E-state index contributed by atoms with van der Waals surface area (Å²) >= 11 is 0. The van der Waals surface area contributed by atoms with Gasteiger partial charge in [-0.1, -0.05) is 60.7 Å². The second-order valence-electron chi connectivity index (χ2n) is 12.1. The van der Waals surface area contributed by atoms with E-state index in [1.807, 2.05) is 36.7 Å². The van der Waals surface area contributed by atoms with Crippen molar-refractivity contribution in [3.63, 3.8) is 0 Å². The molecule has 0 saturated carbocycles. The van der Waals surface area contributed by atoms with Gasteiger partial charge in [0.2, 0.25) is 0 Å². The number of nitrogens with zero attached hydrogens (tertiary/aromatic N) is 7. The fourth-order valence-corrected chi connectivity index (χ4v) is 7.25. The quantitative estimate of drug-likeness (QED) is 0.190. The minimum absolute atomic E-state index is 0.709. The Kier molecular flexibility index (Phi) is 6.04. The molecule has 49 heavy (non-hydrogen) atoms. The van der Waals surface area contributed by atoms with E-state index in [0.29, 0.717) is 5.82 Å². The van der Waals surface area contributed by atoms with E-state index >= 15 is 0 Å². The predicted molar refractivity (Wildman–Crippen MR) is 196 cm³/mol. The predicted octanol–water partition coefficient (Wildman–Crippen LogP) is 9.59. The highest BCUT2D eigenvalue weighted by Crippen LogP contribution is 2.37. The average Bonchev–Trinajstić information content (AvgIpc) is 3.86. The molecule has 7 heteroatoms. The molecule has 0 amide bonds. The van der Waals surface area contributed by atoms with E-state index in [1.54, 1.807) is 12.4 Å². The van der Waals surface area contributed by atoms with Gasteiger partial charge < -0.3 is 9.13 Å². The highest BCUT2D eigenvalue weighted by molar-refractivity contribution is 6.11. The van der Waals surface area contributed by atoms with Gasteiger partial charge in [0, 0.05) is 62.6 Å². The van der Waals surface area contributed by atoms with Crippen molar-refractivity contribution in [1.29, 1.82) is 0 Å². The second kappa shape index (κ2) is 10.9. The molecule has 0 radical (unpaired) electrons. The normalized spacial score (nSPS) is 11.7. The summed E-state index contributed by atoms with van der Waals surface area (Å²) in [7, 11) is 0. The summed E-state index contributed by atoms with van der Waals surface area (Å²) in [5.74, 6) is 1.44. The van der Waals surface area contributed by atoms with Crippen molar-refractivity contribution < 1.29 is 0 Å². The number of rotatable bonds is 5. The summed E-state index contributed by atoms with van der Waals surface area (Å²) in [6.07, 6.45) is 7.18. The van der Waals surface area contributed by atoms with Gasteiger partial charge in [0.05, 0.1) is 34.0 Å². The standard InChI is InChI=1S/C42H27N7/c1-4-17-37-33(14-1)34-15-2-5-18-38(34)47(37)30-11-7-12-31(25-30)48-39-19-6-3-16-35(39)36-24-28(20-21-40(36)48)41-45-46-42(29-10-8-22-43-26-29)49(41)32-13-9-23-44-27-32/h1-27H. The van der Waals surface area contributed by atoms with Gasteiger partial charge in [0.1, 0.15) is 0 Å². The summed E-state index contributed by atoms with van der Waals surface area (Å²) in [4.78, 5) is 8.74. The van der Waals surface area contributed by atoms with Gasteiger partial charge in [-0.15, -0.1) is 10.2 Å². The van der Waals surface area contributed by atoms with Crippen LogP contribution in [0.25, 0.3) is 83.4 Å². The van der Waals surface area contributed by atoms with Crippen molar-refractivity contribution in [3.05, 3.63) is 164 Å². The molecular formula is C42H27N7. The number of fused-ring (bicyclic) bond motifs is 6. The lowest BCUT2D eigenvalue weighted by atomic mass is 10.1. The minimum Gasteiger partial charge on any atom is -0.309 e. The van der Waals surface area contributed by atoms with Crippen LogP contribution in [0.15, 0.2) is 164 Å². The van der Waals surface area contributed by atoms with E-state index < -0.39 is 0 Å². The van der Waals surface area contributed by atoms with Crippen LogP contribution in [0.5, 0.6) is 0 Å². The third-order valence-corrected chi connectivity index (χ3v) is 9.34. The lowest BCUT2D eigenvalue weighted by Gasteiger charge is -2.13. The molecule has 0 unspecified atom stereocenters. The van der Waals surface area contributed by atoms with Crippen molar-refractivity contribution in [2.24, 2.45) is 0 Å². The van der Waals surface area contributed by atoms with E-state index in [4.69, 9.17) is 5.10 Å². The van der Waals surface area contributed by atoms with Crippen molar-refractivity contribution in [3.8, 4) is 39.8 Å². The van der Waals surface area contributed by atoms with Gasteiger partial charge in [0.25, 0.3) is 0 Å². The highest BCUT2D eigenvalue weighted by atomic mass is 15.3. The molecule has 0 spiro atoms. The Morgan fingerprint density at radius 1 is 0.347 bits per heavy atom. The van der Waals surface area contributed by atoms with E-state index in [9.17, 15) is 0 Å². The molecule has 5 aromatic carbocycles. The molecule has 0 aliphatic carbocycles. The Morgan fingerprint density at radius 2 is 0.878 bits per heavy atom. The molecule has 5 heterocycles. The molecule has 0 fully saturated rings. The zero-order valence-corrected chi connectivity index (χ0v) is 26.2. The van der Waals surface area contributed by atoms with Crippen LogP contribution in [0.1, 0.15) is 0 Å². The first kappa shape index (κ1) is 27.3. The van der Waals surface area contributed by atoms with Crippen molar-refractivity contribution in [1.82, 2.24) is 33.9 Å². The fraction of sp³-hybridized carbons (Fsp3) is 0. The summed E-state index contributed by atoms with van der Waals surface area (Å²) in [6, 6.07) is 49.1. The van der Waals surface area contributed by atoms with Crippen LogP contribution in [0.4, 0.5) is 0 Å². The van der Waals surface area contributed by atoms with Crippen LogP contribution in [-0.4, -0.2) is 33.9 Å². The Hall–Kier alpha value is -6.86. The largest absolute Gasteiger partial charge is 0.309 e. The zero-order chi connectivity index (χ0) is 32.3. The lowest BCUT2D eigenvalue weighted by molar-refractivity contribution is 1.05. The number of hydrogen-bond acceptors (Lipinski definition) is 4. The molecule has 0 N–H and O–H groups in total. The maximum Gasteiger partial charge on any atom is 0.170 e. The van der Waals surface area contributed by atoms with Gasteiger partial charge >= 0.3 is 0 Å². The highest BCUT2D eigenvalue weighted by Gasteiger charge is 2.20. The zero-order valence-electron chi connectivity index (χ0n) is 26.2. The topological polar surface area (TPSA) is 66.3 Å². The molecule has 10 rings (SSSR count). The minimum atomic E-state index is 0.709. The number of para-hydroxylation sites is 3. The molecular weight excluding hydrogens is 603 g/mol.